The molecule has 34 heavy (non-hydrogen) atoms. The highest BCUT2D eigenvalue weighted by Gasteiger charge is 2.15. The highest BCUT2D eigenvalue weighted by atomic mass is 32.1. The van der Waals surface area contributed by atoms with Crippen LogP contribution in [-0.4, -0.2) is 21.6 Å². The number of hydrogen-bond donors (Lipinski definition) is 2. The summed E-state index contributed by atoms with van der Waals surface area (Å²) in [5.41, 5.74) is 3.59. The molecule has 0 radical (unpaired) electrons. The fourth-order valence-electron chi connectivity index (χ4n) is 3.34. The van der Waals surface area contributed by atoms with Crippen molar-refractivity contribution in [2.75, 3.05) is 10.6 Å². The summed E-state index contributed by atoms with van der Waals surface area (Å²) in [6.45, 7) is 1.99. The normalized spacial score (nSPS) is 11.0. The number of hydrogen-bond acceptors (Lipinski definition) is 5. The Bertz CT molecular complexity index is 1370. The van der Waals surface area contributed by atoms with Gasteiger partial charge in [0.05, 0.1) is 11.4 Å². The number of amides is 2. The molecule has 2 aromatic heterocycles. The number of nitriles is 1. The molecule has 0 unspecified atom stereocenters. The molecule has 0 atom stereocenters. The molecule has 0 aliphatic carbocycles. The van der Waals surface area contributed by atoms with Crippen molar-refractivity contribution in [1.82, 2.24) is 9.78 Å². The van der Waals surface area contributed by atoms with Crippen LogP contribution in [0.1, 0.15) is 18.1 Å². The fourth-order valence-corrected chi connectivity index (χ4v) is 4.07. The second-order valence-electron chi connectivity index (χ2n) is 7.48. The SMILES string of the molecule is CC(=O)Nc1ccc(NC(=O)/C(C#N)=C/c2cn(Cc3ccccc3)nc2-c2cccs2)cc1. The second-order valence-corrected chi connectivity index (χ2v) is 8.42. The Hall–Kier alpha value is -4.48. The molecule has 2 amide bonds. The third-order valence-corrected chi connectivity index (χ3v) is 5.74. The summed E-state index contributed by atoms with van der Waals surface area (Å²) >= 11 is 1.54. The van der Waals surface area contributed by atoms with Crippen LogP contribution in [0.2, 0.25) is 0 Å². The van der Waals surface area contributed by atoms with Gasteiger partial charge in [0.2, 0.25) is 5.91 Å². The summed E-state index contributed by atoms with van der Waals surface area (Å²) in [5, 5.41) is 21.8. The van der Waals surface area contributed by atoms with Crippen LogP contribution in [-0.2, 0) is 16.1 Å². The van der Waals surface area contributed by atoms with E-state index in [1.165, 1.54) is 6.92 Å². The zero-order chi connectivity index (χ0) is 23.9. The van der Waals surface area contributed by atoms with E-state index in [4.69, 9.17) is 5.10 Å². The van der Waals surface area contributed by atoms with Crippen molar-refractivity contribution < 1.29 is 9.59 Å². The monoisotopic (exact) mass is 467 g/mol. The Balaban J connectivity index is 1.59. The highest BCUT2D eigenvalue weighted by Crippen LogP contribution is 2.28. The van der Waals surface area contributed by atoms with Gasteiger partial charge in [-0.25, -0.2) is 0 Å². The molecule has 7 nitrogen and oxygen atoms in total. The Morgan fingerprint density at radius 1 is 1.03 bits per heavy atom. The van der Waals surface area contributed by atoms with E-state index in [1.54, 1.807) is 41.7 Å². The van der Waals surface area contributed by atoms with E-state index in [1.807, 2.05) is 64.8 Å². The number of benzene rings is 2. The molecule has 0 fully saturated rings. The van der Waals surface area contributed by atoms with Gasteiger partial charge in [-0.3, -0.25) is 14.3 Å². The molecule has 0 saturated heterocycles. The number of aromatic nitrogens is 2. The minimum absolute atomic E-state index is 0.0389. The minimum atomic E-state index is -0.525. The molecule has 0 bridgehead atoms. The largest absolute Gasteiger partial charge is 0.326 e. The molecular weight excluding hydrogens is 446 g/mol. The molecule has 2 aromatic carbocycles. The van der Waals surface area contributed by atoms with E-state index in [0.29, 0.717) is 29.2 Å². The van der Waals surface area contributed by atoms with E-state index in [2.05, 4.69) is 10.6 Å². The lowest BCUT2D eigenvalue weighted by Gasteiger charge is -2.06. The minimum Gasteiger partial charge on any atom is -0.326 e. The third kappa shape index (κ3) is 5.65. The van der Waals surface area contributed by atoms with Gasteiger partial charge in [-0.1, -0.05) is 36.4 Å². The van der Waals surface area contributed by atoms with E-state index < -0.39 is 5.91 Å². The molecule has 8 heteroatoms. The van der Waals surface area contributed by atoms with Crippen molar-refractivity contribution in [3.8, 4) is 16.6 Å². The van der Waals surface area contributed by atoms with Crippen molar-refractivity contribution in [3.05, 3.63) is 95.0 Å². The van der Waals surface area contributed by atoms with Crippen LogP contribution in [0.4, 0.5) is 11.4 Å². The van der Waals surface area contributed by atoms with Crippen LogP contribution in [0.15, 0.2) is 83.9 Å². The number of nitrogens with zero attached hydrogens (tertiary/aromatic N) is 3. The van der Waals surface area contributed by atoms with Gasteiger partial charge in [-0.15, -0.1) is 11.3 Å². The molecule has 4 rings (SSSR count). The third-order valence-electron chi connectivity index (χ3n) is 4.86. The fraction of sp³-hybridized carbons (Fsp3) is 0.0769. The second kappa shape index (κ2) is 10.4. The molecule has 0 aliphatic heterocycles. The predicted octanol–water partition coefficient (Wildman–Crippen LogP) is 5.16. The number of anilines is 2. The van der Waals surface area contributed by atoms with Crippen LogP contribution in [0.3, 0.4) is 0 Å². The van der Waals surface area contributed by atoms with Crippen molar-refractivity contribution in [3.63, 3.8) is 0 Å². The first kappa shape index (κ1) is 22.7. The average molecular weight is 468 g/mol. The van der Waals surface area contributed by atoms with Crippen LogP contribution in [0, 0.1) is 11.3 Å². The first-order valence-electron chi connectivity index (χ1n) is 10.5. The molecule has 2 heterocycles. The number of nitrogens with one attached hydrogen (secondary N) is 2. The summed E-state index contributed by atoms with van der Waals surface area (Å²) in [4.78, 5) is 24.9. The molecule has 0 saturated carbocycles. The van der Waals surface area contributed by atoms with Crippen molar-refractivity contribution in [2.24, 2.45) is 0 Å². The predicted molar refractivity (Wildman–Crippen MR) is 134 cm³/mol. The maximum Gasteiger partial charge on any atom is 0.266 e. The highest BCUT2D eigenvalue weighted by molar-refractivity contribution is 7.13. The first-order valence-corrected chi connectivity index (χ1v) is 11.4. The molecule has 0 aliphatic rings. The Kier molecular flexibility index (Phi) is 6.96. The lowest BCUT2D eigenvalue weighted by atomic mass is 10.1. The summed E-state index contributed by atoms with van der Waals surface area (Å²) in [6.07, 6.45) is 3.40. The summed E-state index contributed by atoms with van der Waals surface area (Å²) in [7, 11) is 0. The number of carbonyl (C=O) groups is 2. The number of carbonyl (C=O) groups excluding carboxylic acids is 2. The zero-order valence-electron chi connectivity index (χ0n) is 18.4. The van der Waals surface area contributed by atoms with Crippen LogP contribution < -0.4 is 10.6 Å². The standard InChI is InChI=1S/C26H21N5O2S/c1-18(32)28-22-9-11-23(12-10-22)29-26(33)20(15-27)14-21-17-31(16-19-6-3-2-4-7-19)30-25(21)24-8-5-13-34-24/h2-14,17H,16H2,1H3,(H,28,32)(H,29,33)/b20-14+. The van der Waals surface area contributed by atoms with E-state index in [9.17, 15) is 14.9 Å². The summed E-state index contributed by atoms with van der Waals surface area (Å²) in [5.74, 6) is -0.705. The topological polar surface area (TPSA) is 99.8 Å². The molecule has 0 spiro atoms. The number of rotatable bonds is 7. The molecular formula is C26H21N5O2S. The maximum absolute atomic E-state index is 12.8. The lowest BCUT2D eigenvalue weighted by molar-refractivity contribution is -0.114. The van der Waals surface area contributed by atoms with Gasteiger partial charge in [-0.2, -0.15) is 10.4 Å². The Labute approximate surface area is 201 Å². The molecule has 2 N–H and O–H groups in total. The maximum atomic E-state index is 12.8. The quantitative estimate of drug-likeness (QED) is 0.289. The van der Waals surface area contributed by atoms with Gasteiger partial charge in [0.25, 0.3) is 5.91 Å². The first-order chi connectivity index (χ1) is 16.5. The lowest BCUT2D eigenvalue weighted by Crippen LogP contribution is -2.13. The summed E-state index contributed by atoms with van der Waals surface area (Å²) in [6, 6.07) is 22.5. The van der Waals surface area contributed by atoms with Gasteiger partial charge in [0.1, 0.15) is 17.3 Å². The van der Waals surface area contributed by atoms with E-state index in [-0.39, 0.29) is 11.5 Å². The van der Waals surface area contributed by atoms with Crippen LogP contribution in [0.5, 0.6) is 0 Å². The van der Waals surface area contributed by atoms with Gasteiger partial charge in [-0.05, 0) is 47.4 Å². The van der Waals surface area contributed by atoms with E-state index >= 15 is 0 Å². The van der Waals surface area contributed by atoms with E-state index in [0.717, 1.165) is 10.4 Å². The summed E-state index contributed by atoms with van der Waals surface area (Å²) < 4.78 is 1.81. The van der Waals surface area contributed by atoms with Crippen molar-refractivity contribution in [1.29, 1.82) is 5.26 Å². The van der Waals surface area contributed by atoms with Crippen LogP contribution in [0.25, 0.3) is 16.6 Å². The zero-order valence-corrected chi connectivity index (χ0v) is 19.2. The number of thiophene rings is 1. The van der Waals surface area contributed by atoms with Gasteiger partial charge in [0, 0.05) is 30.1 Å². The molecule has 4 aromatic rings. The Morgan fingerprint density at radius 2 is 1.74 bits per heavy atom. The van der Waals surface area contributed by atoms with Crippen LogP contribution >= 0.6 is 11.3 Å². The average Bonchev–Trinajstić information content (AvgIpc) is 3.49. The van der Waals surface area contributed by atoms with Gasteiger partial charge in [0.15, 0.2) is 0 Å². The molecule has 168 valence electrons. The van der Waals surface area contributed by atoms with Crippen molar-refractivity contribution in [2.45, 2.75) is 13.5 Å². The smallest absolute Gasteiger partial charge is 0.266 e. The Morgan fingerprint density at radius 3 is 2.35 bits per heavy atom. The van der Waals surface area contributed by atoms with Crippen molar-refractivity contribution >= 4 is 40.6 Å². The van der Waals surface area contributed by atoms with Gasteiger partial charge >= 0.3 is 0 Å². The van der Waals surface area contributed by atoms with Gasteiger partial charge < -0.3 is 10.6 Å².